The molecule has 4 heteroatoms. The van der Waals surface area contributed by atoms with Gasteiger partial charge in [0.25, 0.3) is 0 Å². The molecule has 4 nitrogen and oxygen atoms in total. The van der Waals surface area contributed by atoms with Crippen molar-refractivity contribution < 1.29 is 4.42 Å². The van der Waals surface area contributed by atoms with E-state index >= 15 is 0 Å². The van der Waals surface area contributed by atoms with Crippen LogP contribution in [0.2, 0.25) is 0 Å². The second-order valence-corrected chi connectivity index (χ2v) is 3.91. The number of aromatic nitrogens is 1. The van der Waals surface area contributed by atoms with Gasteiger partial charge in [0.1, 0.15) is 5.76 Å². The second-order valence-electron chi connectivity index (χ2n) is 3.91. The standard InChI is InChI=1S/C10H17N3O/c1-6-7(2)14-10(13-6)9-8(5-11)3-4-12-9/h8-9,12H,3-5,11H2,1-2H3. The minimum absolute atomic E-state index is 0.215. The third kappa shape index (κ3) is 1.55. The molecule has 1 aromatic heterocycles. The van der Waals surface area contributed by atoms with E-state index in [0.29, 0.717) is 12.5 Å². The van der Waals surface area contributed by atoms with E-state index in [9.17, 15) is 0 Å². The van der Waals surface area contributed by atoms with Gasteiger partial charge in [-0.15, -0.1) is 0 Å². The Morgan fingerprint density at radius 1 is 1.57 bits per heavy atom. The molecule has 2 unspecified atom stereocenters. The second kappa shape index (κ2) is 3.71. The van der Waals surface area contributed by atoms with Gasteiger partial charge in [-0.2, -0.15) is 0 Å². The van der Waals surface area contributed by atoms with Gasteiger partial charge in [-0.3, -0.25) is 0 Å². The highest BCUT2D eigenvalue weighted by atomic mass is 16.4. The van der Waals surface area contributed by atoms with E-state index in [1.165, 1.54) is 0 Å². The van der Waals surface area contributed by atoms with E-state index in [1.807, 2.05) is 13.8 Å². The lowest BCUT2D eigenvalue weighted by Gasteiger charge is -2.13. The highest BCUT2D eigenvalue weighted by Gasteiger charge is 2.30. The van der Waals surface area contributed by atoms with Gasteiger partial charge in [0, 0.05) is 0 Å². The third-order valence-electron chi connectivity index (χ3n) is 2.96. The zero-order chi connectivity index (χ0) is 10.1. The molecule has 1 fully saturated rings. The lowest BCUT2D eigenvalue weighted by Crippen LogP contribution is -2.23. The molecule has 14 heavy (non-hydrogen) atoms. The van der Waals surface area contributed by atoms with Crippen LogP contribution in [0.5, 0.6) is 0 Å². The van der Waals surface area contributed by atoms with Crippen molar-refractivity contribution in [2.45, 2.75) is 26.3 Å². The molecule has 0 amide bonds. The van der Waals surface area contributed by atoms with Crippen molar-refractivity contribution in [2.75, 3.05) is 13.1 Å². The smallest absolute Gasteiger partial charge is 0.212 e. The number of nitrogens with one attached hydrogen (secondary N) is 1. The van der Waals surface area contributed by atoms with Crippen LogP contribution in [0.15, 0.2) is 4.42 Å². The summed E-state index contributed by atoms with van der Waals surface area (Å²) in [6.45, 7) is 5.61. The zero-order valence-corrected chi connectivity index (χ0v) is 8.71. The van der Waals surface area contributed by atoms with Crippen LogP contribution in [0.1, 0.15) is 29.8 Å². The first-order valence-electron chi connectivity index (χ1n) is 5.09. The molecule has 0 aliphatic carbocycles. The summed E-state index contributed by atoms with van der Waals surface area (Å²) in [5.41, 5.74) is 6.67. The van der Waals surface area contributed by atoms with Crippen LogP contribution in [0.25, 0.3) is 0 Å². The third-order valence-corrected chi connectivity index (χ3v) is 2.96. The molecule has 1 aliphatic rings. The van der Waals surface area contributed by atoms with Gasteiger partial charge in [0.05, 0.1) is 11.7 Å². The average Bonchev–Trinajstić information content (AvgIpc) is 2.73. The maximum atomic E-state index is 5.70. The predicted molar refractivity (Wildman–Crippen MR) is 53.9 cm³/mol. The monoisotopic (exact) mass is 195 g/mol. The Hall–Kier alpha value is -0.870. The predicted octanol–water partition coefficient (Wildman–Crippen LogP) is 0.901. The lowest BCUT2D eigenvalue weighted by molar-refractivity contribution is 0.360. The van der Waals surface area contributed by atoms with Crippen molar-refractivity contribution in [1.29, 1.82) is 0 Å². The summed E-state index contributed by atoms with van der Waals surface area (Å²) in [6.07, 6.45) is 1.11. The van der Waals surface area contributed by atoms with Crippen molar-refractivity contribution in [3.8, 4) is 0 Å². The average molecular weight is 195 g/mol. The number of nitrogens with zero attached hydrogens (tertiary/aromatic N) is 1. The Morgan fingerprint density at radius 2 is 2.36 bits per heavy atom. The van der Waals surface area contributed by atoms with Gasteiger partial charge in [0.2, 0.25) is 5.89 Å². The maximum Gasteiger partial charge on any atom is 0.212 e. The number of rotatable bonds is 2. The Labute approximate surface area is 83.9 Å². The molecule has 2 rings (SSSR count). The van der Waals surface area contributed by atoms with Crippen LogP contribution in [-0.4, -0.2) is 18.1 Å². The van der Waals surface area contributed by atoms with Crippen molar-refractivity contribution in [2.24, 2.45) is 11.7 Å². The fourth-order valence-electron chi connectivity index (χ4n) is 1.93. The molecule has 78 valence electrons. The largest absolute Gasteiger partial charge is 0.444 e. The van der Waals surface area contributed by atoms with E-state index in [1.54, 1.807) is 0 Å². The number of oxazole rings is 1. The van der Waals surface area contributed by atoms with Crippen LogP contribution < -0.4 is 11.1 Å². The number of nitrogens with two attached hydrogens (primary N) is 1. The molecule has 0 spiro atoms. The molecule has 1 aliphatic heterocycles. The lowest BCUT2D eigenvalue weighted by atomic mass is 10.0. The van der Waals surface area contributed by atoms with E-state index in [2.05, 4.69) is 10.3 Å². The first kappa shape index (κ1) is 9.68. The van der Waals surface area contributed by atoms with Gasteiger partial charge in [-0.1, -0.05) is 0 Å². The molecule has 1 aromatic rings. The normalized spacial score (nSPS) is 27.1. The fraction of sp³-hybridized carbons (Fsp3) is 0.700. The fourth-order valence-corrected chi connectivity index (χ4v) is 1.93. The van der Waals surface area contributed by atoms with Crippen LogP contribution in [-0.2, 0) is 0 Å². The van der Waals surface area contributed by atoms with Gasteiger partial charge >= 0.3 is 0 Å². The summed E-state index contributed by atoms with van der Waals surface area (Å²) in [4.78, 5) is 4.41. The SMILES string of the molecule is Cc1nc(C2NCCC2CN)oc1C. The van der Waals surface area contributed by atoms with Crippen LogP contribution in [0.3, 0.4) is 0 Å². The van der Waals surface area contributed by atoms with Gasteiger partial charge in [0.15, 0.2) is 0 Å². The molecular weight excluding hydrogens is 178 g/mol. The number of hydrogen-bond acceptors (Lipinski definition) is 4. The Kier molecular flexibility index (Phi) is 2.56. The van der Waals surface area contributed by atoms with Crippen molar-refractivity contribution in [3.63, 3.8) is 0 Å². The van der Waals surface area contributed by atoms with Gasteiger partial charge in [-0.25, -0.2) is 4.98 Å². The minimum atomic E-state index is 0.215. The molecule has 0 radical (unpaired) electrons. The van der Waals surface area contributed by atoms with Crippen molar-refractivity contribution >= 4 is 0 Å². The molecule has 1 saturated heterocycles. The molecule has 3 N–H and O–H groups in total. The summed E-state index contributed by atoms with van der Waals surface area (Å²) in [6, 6.07) is 0.215. The van der Waals surface area contributed by atoms with E-state index in [0.717, 1.165) is 30.3 Å². The Balaban J connectivity index is 2.21. The van der Waals surface area contributed by atoms with Crippen LogP contribution in [0, 0.1) is 19.8 Å². The number of aryl methyl sites for hydroxylation is 2. The van der Waals surface area contributed by atoms with Crippen molar-refractivity contribution in [3.05, 3.63) is 17.3 Å². The van der Waals surface area contributed by atoms with Crippen LogP contribution >= 0.6 is 0 Å². The zero-order valence-electron chi connectivity index (χ0n) is 8.71. The molecular formula is C10H17N3O. The summed E-state index contributed by atoms with van der Waals surface area (Å²) in [5.74, 6) is 2.17. The van der Waals surface area contributed by atoms with E-state index in [4.69, 9.17) is 10.2 Å². The molecule has 0 bridgehead atoms. The number of hydrogen-bond donors (Lipinski definition) is 2. The molecule has 0 aromatic carbocycles. The van der Waals surface area contributed by atoms with Crippen molar-refractivity contribution in [1.82, 2.24) is 10.3 Å². The van der Waals surface area contributed by atoms with Gasteiger partial charge in [-0.05, 0) is 39.3 Å². The maximum absolute atomic E-state index is 5.70. The van der Waals surface area contributed by atoms with E-state index < -0.39 is 0 Å². The Bertz CT molecular complexity index is 302. The minimum Gasteiger partial charge on any atom is -0.444 e. The molecule has 2 atom stereocenters. The summed E-state index contributed by atoms with van der Waals surface area (Å²) in [5, 5.41) is 3.38. The first-order valence-corrected chi connectivity index (χ1v) is 5.09. The van der Waals surface area contributed by atoms with E-state index in [-0.39, 0.29) is 6.04 Å². The molecule has 2 heterocycles. The van der Waals surface area contributed by atoms with Crippen LogP contribution in [0.4, 0.5) is 0 Å². The first-order chi connectivity index (χ1) is 6.72. The summed E-state index contributed by atoms with van der Waals surface area (Å²) >= 11 is 0. The Morgan fingerprint density at radius 3 is 2.93 bits per heavy atom. The topological polar surface area (TPSA) is 64.1 Å². The van der Waals surface area contributed by atoms with Gasteiger partial charge < -0.3 is 15.5 Å². The summed E-state index contributed by atoms with van der Waals surface area (Å²) < 4.78 is 5.60. The highest BCUT2D eigenvalue weighted by Crippen LogP contribution is 2.28. The quantitative estimate of drug-likeness (QED) is 0.736. The highest BCUT2D eigenvalue weighted by molar-refractivity contribution is 5.09. The summed E-state index contributed by atoms with van der Waals surface area (Å²) in [7, 11) is 0. The molecule has 0 saturated carbocycles.